The summed E-state index contributed by atoms with van der Waals surface area (Å²) in [5, 5.41) is 0. The average Bonchev–Trinajstić information content (AvgIpc) is 2.04. The second-order valence-electron chi connectivity index (χ2n) is 3.93. The van der Waals surface area contributed by atoms with Gasteiger partial charge in [0.2, 0.25) is 0 Å². The van der Waals surface area contributed by atoms with Gasteiger partial charge in [0, 0.05) is 10.5 Å². The smallest absolute Gasteiger partial charge is 0.0178 e. The van der Waals surface area contributed by atoms with Crippen molar-refractivity contribution in [2.45, 2.75) is 31.7 Å². The fourth-order valence-electron chi connectivity index (χ4n) is 1.97. The zero-order valence-corrected chi connectivity index (χ0v) is 9.34. The third-order valence-corrected chi connectivity index (χ3v) is 3.35. The van der Waals surface area contributed by atoms with Crippen LogP contribution in [0.15, 0.2) is 22.7 Å². The topological polar surface area (TPSA) is 26.0 Å². The maximum atomic E-state index is 5.78. The molecule has 2 rings (SSSR count). The molecule has 0 spiro atoms. The molecule has 1 saturated carbocycles. The third-order valence-electron chi connectivity index (χ3n) is 2.86. The molecule has 0 radical (unpaired) electrons. The van der Waals surface area contributed by atoms with Gasteiger partial charge in [-0.1, -0.05) is 22.0 Å². The van der Waals surface area contributed by atoms with Crippen molar-refractivity contribution in [3.8, 4) is 0 Å². The maximum Gasteiger partial charge on any atom is 0.0178 e. The van der Waals surface area contributed by atoms with Gasteiger partial charge in [0.25, 0.3) is 0 Å². The lowest BCUT2D eigenvalue weighted by Gasteiger charge is -2.33. The number of hydrogen-bond donors (Lipinski definition) is 1. The molecule has 0 aromatic heterocycles. The molecule has 0 atom stereocenters. The maximum absolute atomic E-state index is 5.78. The Kier molecular flexibility index (Phi) is 2.43. The molecule has 0 heterocycles. The Balaban J connectivity index is 2.24. The Morgan fingerprint density at radius 2 is 2.08 bits per heavy atom. The minimum absolute atomic E-state index is 0.434. The zero-order valence-electron chi connectivity index (χ0n) is 7.76. The molecule has 2 N–H and O–H groups in total. The van der Waals surface area contributed by atoms with Crippen LogP contribution in [0.4, 0.5) is 0 Å². The average molecular weight is 240 g/mol. The number of benzene rings is 1. The first-order valence-electron chi connectivity index (χ1n) is 4.68. The van der Waals surface area contributed by atoms with Crippen molar-refractivity contribution in [3.05, 3.63) is 33.8 Å². The van der Waals surface area contributed by atoms with Gasteiger partial charge in [0.1, 0.15) is 0 Å². The Morgan fingerprint density at radius 3 is 2.69 bits per heavy atom. The van der Waals surface area contributed by atoms with Crippen LogP contribution in [0.5, 0.6) is 0 Å². The Morgan fingerprint density at radius 1 is 1.38 bits per heavy atom. The van der Waals surface area contributed by atoms with Gasteiger partial charge in [-0.15, -0.1) is 0 Å². The highest BCUT2D eigenvalue weighted by atomic mass is 79.9. The summed E-state index contributed by atoms with van der Waals surface area (Å²) in [6.07, 6.45) is 2.30. The van der Waals surface area contributed by atoms with Crippen LogP contribution in [0.1, 0.15) is 29.9 Å². The summed E-state index contributed by atoms with van der Waals surface area (Å²) < 4.78 is 1.17. The summed E-state index contributed by atoms with van der Waals surface area (Å²) in [6.45, 7) is 2.17. The molecule has 0 saturated heterocycles. The van der Waals surface area contributed by atoms with E-state index in [1.54, 1.807) is 0 Å². The van der Waals surface area contributed by atoms with E-state index in [1.807, 2.05) is 0 Å². The lowest BCUT2D eigenvalue weighted by Crippen LogP contribution is -2.35. The minimum Gasteiger partial charge on any atom is -0.328 e. The highest BCUT2D eigenvalue weighted by Gasteiger charge is 2.28. The molecule has 1 aliphatic carbocycles. The van der Waals surface area contributed by atoms with Crippen LogP contribution in [0.25, 0.3) is 0 Å². The van der Waals surface area contributed by atoms with Gasteiger partial charge in [-0.2, -0.15) is 0 Å². The number of hydrogen-bond acceptors (Lipinski definition) is 1. The van der Waals surface area contributed by atoms with Gasteiger partial charge in [0.15, 0.2) is 0 Å². The second-order valence-corrected chi connectivity index (χ2v) is 4.84. The number of nitrogens with two attached hydrogens (primary N) is 1. The van der Waals surface area contributed by atoms with Crippen molar-refractivity contribution >= 4 is 15.9 Å². The highest BCUT2D eigenvalue weighted by molar-refractivity contribution is 9.10. The van der Waals surface area contributed by atoms with E-state index in [0.717, 1.165) is 12.8 Å². The van der Waals surface area contributed by atoms with E-state index in [2.05, 4.69) is 41.1 Å². The lowest BCUT2D eigenvalue weighted by molar-refractivity contribution is 0.350. The van der Waals surface area contributed by atoms with Crippen LogP contribution in [0.3, 0.4) is 0 Å². The van der Waals surface area contributed by atoms with E-state index < -0.39 is 0 Å². The molecule has 1 aromatic carbocycles. The molecule has 0 unspecified atom stereocenters. The van der Waals surface area contributed by atoms with Gasteiger partial charge in [-0.3, -0.25) is 0 Å². The van der Waals surface area contributed by atoms with Crippen molar-refractivity contribution in [3.63, 3.8) is 0 Å². The summed E-state index contributed by atoms with van der Waals surface area (Å²) in [7, 11) is 0. The molecular formula is C11H14BrN. The monoisotopic (exact) mass is 239 g/mol. The van der Waals surface area contributed by atoms with Gasteiger partial charge in [0.05, 0.1) is 0 Å². The van der Waals surface area contributed by atoms with Crippen LogP contribution in [-0.4, -0.2) is 6.04 Å². The van der Waals surface area contributed by atoms with Crippen LogP contribution in [-0.2, 0) is 0 Å². The van der Waals surface area contributed by atoms with Crippen LogP contribution >= 0.6 is 15.9 Å². The van der Waals surface area contributed by atoms with Crippen molar-refractivity contribution in [1.82, 2.24) is 0 Å². The Hall–Kier alpha value is -0.340. The third kappa shape index (κ3) is 1.79. The molecule has 0 amide bonds. The normalized spacial score (nSPS) is 27.0. The molecule has 0 bridgehead atoms. The summed E-state index contributed by atoms with van der Waals surface area (Å²) >= 11 is 3.50. The van der Waals surface area contributed by atoms with Crippen molar-refractivity contribution in [2.24, 2.45) is 5.73 Å². The number of halogens is 1. The van der Waals surface area contributed by atoms with Crippen LogP contribution in [0, 0.1) is 6.92 Å². The predicted octanol–water partition coefficient (Wildman–Crippen LogP) is 2.96. The molecular weight excluding hydrogens is 226 g/mol. The Labute approximate surface area is 87.5 Å². The summed E-state index contributed by atoms with van der Waals surface area (Å²) in [5.41, 5.74) is 8.64. The van der Waals surface area contributed by atoms with Crippen molar-refractivity contribution in [2.75, 3.05) is 0 Å². The summed E-state index contributed by atoms with van der Waals surface area (Å²) in [6, 6.07) is 6.93. The molecule has 70 valence electrons. The summed E-state index contributed by atoms with van der Waals surface area (Å²) in [5.74, 6) is 0.701. The first kappa shape index (κ1) is 9.22. The highest BCUT2D eigenvalue weighted by Crippen LogP contribution is 2.38. The quantitative estimate of drug-likeness (QED) is 0.802. The Bertz CT molecular complexity index is 316. The van der Waals surface area contributed by atoms with E-state index in [1.165, 1.54) is 15.6 Å². The predicted molar refractivity (Wildman–Crippen MR) is 58.8 cm³/mol. The lowest BCUT2D eigenvalue weighted by atomic mass is 9.75. The SMILES string of the molecule is Cc1ccc(Br)cc1C1CC(N)C1. The minimum atomic E-state index is 0.434. The van der Waals surface area contributed by atoms with Gasteiger partial charge in [-0.25, -0.2) is 0 Å². The number of aryl methyl sites for hydroxylation is 1. The fourth-order valence-corrected chi connectivity index (χ4v) is 2.35. The van der Waals surface area contributed by atoms with Crippen molar-refractivity contribution < 1.29 is 0 Å². The van der Waals surface area contributed by atoms with E-state index in [-0.39, 0.29) is 0 Å². The van der Waals surface area contributed by atoms with Crippen LogP contribution < -0.4 is 5.73 Å². The zero-order chi connectivity index (χ0) is 9.42. The standard InChI is InChI=1S/C11H14BrN/c1-7-2-3-9(12)6-11(7)8-4-10(13)5-8/h2-3,6,8,10H,4-5,13H2,1H3. The molecule has 1 fully saturated rings. The van der Waals surface area contributed by atoms with E-state index in [0.29, 0.717) is 12.0 Å². The van der Waals surface area contributed by atoms with Gasteiger partial charge in [-0.05, 0) is 48.9 Å². The number of rotatable bonds is 1. The molecule has 1 aliphatic rings. The van der Waals surface area contributed by atoms with E-state index in [9.17, 15) is 0 Å². The first-order valence-corrected chi connectivity index (χ1v) is 5.48. The molecule has 2 heteroatoms. The second kappa shape index (κ2) is 3.43. The van der Waals surface area contributed by atoms with Crippen LogP contribution in [0.2, 0.25) is 0 Å². The van der Waals surface area contributed by atoms with Gasteiger partial charge >= 0.3 is 0 Å². The van der Waals surface area contributed by atoms with E-state index in [4.69, 9.17) is 5.73 Å². The van der Waals surface area contributed by atoms with E-state index >= 15 is 0 Å². The molecule has 0 aliphatic heterocycles. The fraction of sp³-hybridized carbons (Fsp3) is 0.455. The van der Waals surface area contributed by atoms with Gasteiger partial charge < -0.3 is 5.73 Å². The molecule has 13 heavy (non-hydrogen) atoms. The molecule has 1 nitrogen and oxygen atoms in total. The molecule has 1 aromatic rings. The summed E-state index contributed by atoms with van der Waals surface area (Å²) in [4.78, 5) is 0. The largest absolute Gasteiger partial charge is 0.328 e. The first-order chi connectivity index (χ1) is 6.16. The van der Waals surface area contributed by atoms with Crippen molar-refractivity contribution in [1.29, 1.82) is 0 Å².